The van der Waals surface area contributed by atoms with Crippen LogP contribution < -0.4 is 4.74 Å². The molecule has 17 heavy (non-hydrogen) atoms. The molecule has 0 aromatic heterocycles. The summed E-state index contributed by atoms with van der Waals surface area (Å²) >= 11 is 9.11. The van der Waals surface area contributed by atoms with E-state index in [1.54, 1.807) is 18.2 Å². The summed E-state index contributed by atoms with van der Waals surface area (Å²) in [5, 5.41) is 10.0. The van der Waals surface area contributed by atoms with Crippen molar-refractivity contribution in [2.75, 3.05) is 0 Å². The van der Waals surface area contributed by atoms with Gasteiger partial charge in [0.2, 0.25) is 0 Å². The van der Waals surface area contributed by atoms with Crippen molar-refractivity contribution in [3.05, 3.63) is 57.5 Å². The van der Waals surface area contributed by atoms with Crippen molar-refractivity contribution < 1.29 is 9.84 Å². The number of halogens is 2. The van der Waals surface area contributed by atoms with Gasteiger partial charge in [-0.15, -0.1) is 0 Å². The highest BCUT2D eigenvalue weighted by atomic mass is 79.9. The van der Waals surface area contributed by atoms with E-state index in [9.17, 15) is 5.11 Å². The lowest BCUT2D eigenvalue weighted by Crippen LogP contribution is -1.95. The van der Waals surface area contributed by atoms with E-state index in [0.717, 1.165) is 11.3 Å². The molecule has 0 fully saturated rings. The Hall–Kier alpha value is -1.19. The molecule has 0 atom stereocenters. The van der Waals surface area contributed by atoms with Gasteiger partial charge in [0, 0.05) is 5.02 Å². The first-order chi connectivity index (χ1) is 8.15. The van der Waals surface area contributed by atoms with Gasteiger partial charge in [-0.1, -0.05) is 23.7 Å². The average Bonchev–Trinajstić information content (AvgIpc) is 2.31. The zero-order valence-electron chi connectivity index (χ0n) is 8.86. The predicted molar refractivity (Wildman–Crippen MR) is 71.6 cm³/mol. The largest absolute Gasteiger partial charge is 0.507 e. The SMILES string of the molecule is Oc1ccc(COc2cccc(Cl)c2)cc1Br. The number of ether oxygens (including phenoxy) is 1. The van der Waals surface area contributed by atoms with E-state index in [1.807, 2.05) is 24.3 Å². The number of phenolic OH excluding ortho intramolecular Hbond substituents is 1. The number of hydrogen-bond acceptors (Lipinski definition) is 2. The van der Waals surface area contributed by atoms with E-state index >= 15 is 0 Å². The molecule has 2 aromatic rings. The van der Waals surface area contributed by atoms with E-state index in [-0.39, 0.29) is 5.75 Å². The van der Waals surface area contributed by atoms with Crippen LogP contribution in [0.25, 0.3) is 0 Å². The molecule has 0 heterocycles. The van der Waals surface area contributed by atoms with Gasteiger partial charge in [-0.2, -0.15) is 0 Å². The Balaban J connectivity index is 2.05. The number of aromatic hydroxyl groups is 1. The third-order valence-electron chi connectivity index (χ3n) is 2.21. The minimum absolute atomic E-state index is 0.219. The van der Waals surface area contributed by atoms with E-state index in [1.165, 1.54) is 0 Å². The van der Waals surface area contributed by atoms with Crippen LogP contribution in [0.1, 0.15) is 5.56 Å². The van der Waals surface area contributed by atoms with Crippen LogP contribution >= 0.6 is 27.5 Å². The van der Waals surface area contributed by atoms with E-state index in [0.29, 0.717) is 16.1 Å². The molecule has 2 rings (SSSR count). The first kappa shape index (κ1) is 12.3. The second kappa shape index (κ2) is 5.43. The third kappa shape index (κ3) is 3.38. The molecule has 0 saturated heterocycles. The lowest BCUT2D eigenvalue weighted by molar-refractivity contribution is 0.306. The number of hydrogen-bond donors (Lipinski definition) is 1. The molecular weight excluding hydrogens is 303 g/mol. The maximum atomic E-state index is 9.36. The van der Waals surface area contributed by atoms with Crippen LogP contribution in [-0.4, -0.2) is 5.11 Å². The number of rotatable bonds is 3. The van der Waals surface area contributed by atoms with Gasteiger partial charge < -0.3 is 9.84 Å². The first-order valence-corrected chi connectivity index (χ1v) is 6.18. The van der Waals surface area contributed by atoms with E-state index in [2.05, 4.69) is 15.9 Å². The Morgan fingerprint density at radius 1 is 1.18 bits per heavy atom. The zero-order valence-corrected chi connectivity index (χ0v) is 11.2. The predicted octanol–water partition coefficient (Wildman–Crippen LogP) is 4.39. The molecule has 0 radical (unpaired) electrons. The molecule has 0 aliphatic rings. The van der Waals surface area contributed by atoms with Gasteiger partial charge in [0.25, 0.3) is 0 Å². The van der Waals surface area contributed by atoms with E-state index < -0.39 is 0 Å². The van der Waals surface area contributed by atoms with Gasteiger partial charge in [-0.25, -0.2) is 0 Å². The highest BCUT2D eigenvalue weighted by molar-refractivity contribution is 9.10. The monoisotopic (exact) mass is 312 g/mol. The zero-order chi connectivity index (χ0) is 12.3. The summed E-state index contributed by atoms with van der Waals surface area (Å²) in [6, 6.07) is 12.5. The van der Waals surface area contributed by atoms with Gasteiger partial charge in [0.1, 0.15) is 18.1 Å². The molecule has 0 aliphatic heterocycles. The molecule has 88 valence electrons. The Bertz CT molecular complexity index is 529. The van der Waals surface area contributed by atoms with Crippen molar-refractivity contribution in [3.63, 3.8) is 0 Å². The quantitative estimate of drug-likeness (QED) is 0.911. The van der Waals surface area contributed by atoms with Crippen LogP contribution in [0.3, 0.4) is 0 Å². The van der Waals surface area contributed by atoms with Crippen LogP contribution in [0.2, 0.25) is 5.02 Å². The van der Waals surface area contributed by atoms with Gasteiger partial charge in [0.05, 0.1) is 4.47 Å². The second-order valence-corrected chi connectivity index (χ2v) is 4.82. The number of phenols is 1. The van der Waals surface area contributed by atoms with Crippen LogP contribution in [0.4, 0.5) is 0 Å². The third-order valence-corrected chi connectivity index (χ3v) is 3.08. The standard InChI is InChI=1S/C13H10BrClO2/c14-12-6-9(4-5-13(12)16)8-17-11-3-1-2-10(15)7-11/h1-7,16H,8H2. The second-order valence-electron chi connectivity index (χ2n) is 3.53. The van der Waals surface area contributed by atoms with Crippen molar-refractivity contribution >= 4 is 27.5 Å². The summed E-state index contributed by atoms with van der Waals surface area (Å²) in [4.78, 5) is 0. The fourth-order valence-electron chi connectivity index (χ4n) is 1.36. The smallest absolute Gasteiger partial charge is 0.129 e. The number of benzene rings is 2. The Labute approximate surface area is 113 Å². The van der Waals surface area contributed by atoms with Crippen LogP contribution in [-0.2, 0) is 6.61 Å². The maximum Gasteiger partial charge on any atom is 0.129 e. The fraction of sp³-hybridized carbons (Fsp3) is 0.0769. The average molecular weight is 314 g/mol. The molecule has 4 heteroatoms. The van der Waals surface area contributed by atoms with Crippen molar-refractivity contribution in [2.24, 2.45) is 0 Å². The normalized spacial score (nSPS) is 10.2. The molecule has 2 aromatic carbocycles. The topological polar surface area (TPSA) is 29.5 Å². The summed E-state index contributed by atoms with van der Waals surface area (Å²) < 4.78 is 6.24. The van der Waals surface area contributed by atoms with E-state index in [4.69, 9.17) is 16.3 Å². The Morgan fingerprint density at radius 2 is 2.00 bits per heavy atom. The highest BCUT2D eigenvalue weighted by Gasteiger charge is 2.01. The van der Waals surface area contributed by atoms with Crippen molar-refractivity contribution in [1.29, 1.82) is 0 Å². The van der Waals surface area contributed by atoms with Crippen LogP contribution in [0, 0.1) is 0 Å². The molecule has 0 saturated carbocycles. The molecule has 1 N–H and O–H groups in total. The molecular formula is C13H10BrClO2. The molecule has 0 amide bonds. The fourth-order valence-corrected chi connectivity index (χ4v) is 1.97. The summed E-state index contributed by atoms with van der Waals surface area (Å²) in [6.45, 7) is 0.430. The molecule has 2 nitrogen and oxygen atoms in total. The molecule has 0 unspecified atom stereocenters. The summed E-state index contributed by atoms with van der Waals surface area (Å²) in [5.74, 6) is 0.943. The van der Waals surface area contributed by atoms with Crippen molar-refractivity contribution in [2.45, 2.75) is 6.61 Å². The van der Waals surface area contributed by atoms with Gasteiger partial charge in [-0.05, 0) is 51.8 Å². The summed E-state index contributed by atoms with van der Waals surface area (Å²) in [6.07, 6.45) is 0. The van der Waals surface area contributed by atoms with Gasteiger partial charge in [0.15, 0.2) is 0 Å². The lowest BCUT2D eigenvalue weighted by Gasteiger charge is -2.07. The van der Waals surface area contributed by atoms with Crippen molar-refractivity contribution in [1.82, 2.24) is 0 Å². The summed E-state index contributed by atoms with van der Waals surface area (Å²) in [7, 11) is 0. The Kier molecular flexibility index (Phi) is 3.92. The maximum absolute atomic E-state index is 9.36. The van der Waals surface area contributed by atoms with Gasteiger partial charge >= 0.3 is 0 Å². The molecule has 0 bridgehead atoms. The summed E-state index contributed by atoms with van der Waals surface area (Å²) in [5.41, 5.74) is 0.967. The first-order valence-electron chi connectivity index (χ1n) is 5.01. The van der Waals surface area contributed by atoms with Crippen LogP contribution in [0.15, 0.2) is 46.9 Å². The molecule has 0 spiro atoms. The van der Waals surface area contributed by atoms with Crippen LogP contribution in [0.5, 0.6) is 11.5 Å². The minimum atomic E-state index is 0.219. The van der Waals surface area contributed by atoms with Gasteiger partial charge in [-0.3, -0.25) is 0 Å². The van der Waals surface area contributed by atoms with Crippen molar-refractivity contribution in [3.8, 4) is 11.5 Å². The highest BCUT2D eigenvalue weighted by Crippen LogP contribution is 2.25. The lowest BCUT2D eigenvalue weighted by atomic mass is 10.2. The molecule has 0 aliphatic carbocycles. The Morgan fingerprint density at radius 3 is 2.71 bits per heavy atom. The minimum Gasteiger partial charge on any atom is -0.507 e.